The number of hydrogen-bond acceptors (Lipinski definition) is 4. The Morgan fingerprint density at radius 1 is 1.03 bits per heavy atom. The van der Waals surface area contributed by atoms with E-state index in [0.29, 0.717) is 16.9 Å². The highest BCUT2D eigenvalue weighted by Crippen LogP contribution is 2.25. The van der Waals surface area contributed by atoms with Crippen LogP contribution in [0.2, 0.25) is 0 Å². The monoisotopic (exact) mass is 471 g/mol. The largest absolute Gasteiger partial charge is 0.349 e. The van der Waals surface area contributed by atoms with Crippen molar-refractivity contribution < 1.29 is 18.0 Å². The smallest absolute Gasteiger partial charge is 0.253 e. The fraction of sp³-hybridized carbons (Fsp3) is 0.440. The molecule has 0 heterocycles. The van der Waals surface area contributed by atoms with Crippen LogP contribution in [-0.2, 0) is 14.8 Å². The zero-order valence-corrected chi connectivity index (χ0v) is 20.3. The Bertz CT molecular complexity index is 1080. The van der Waals surface area contributed by atoms with E-state index in [2.05, 4.69) is 10.6 Å². The predicted molar refractivity (Wildman–Crippen MR) is 132 cm³/mol. The Hall–Kier alpha value is -2.87. The maximum atomic E-state index is 13.3. The lowest BCUT2D eigenvalue weighted by Gasteiger charge is -2.30. The molecule has 0 spiro atoms. The molecule has 1 atom stereocenters. The number of rotatable bonds is 8. The summed E-state index contributed by atoms with van der Waals surface area (Å²) in [6.07, 6.45) is 6.66. The van der Waals surface area contributed by atoms with E-state index in [9.17, 15) is 18.0 Å². The third-order valence-electron chi connectivity index (χ3n) is 5.99. The average Bonchev–Trinajstić information content (AvgIpc) is 2.78. The van der Waals surface area contributed by atoms with Crippen molar-refractivity contribution in [2.45, 2.75) is 64.5 Å². The van der Waals surface area contributed by atoms with Crippen molar-refractivity contribution in [1.29, 1.82) is 0 Å². The van der Waals surface area contributed by atoms with Crippen molar-refractivity contribution in [3.63, 3.8) is 0 Å². The van der Waals surface area contributed by atoms with Crippen LogP contribution in [-0.4, -0.2) is 38.6 Å². The molecule has 1 fully saturated rings. The second-order valence-corrected chi connectivity index (χ2v) is 10.5. The van der Waals surface area contributed by atoms with Gasteiger partial charge in [-0.25, -0.2) is 8.42 Å². The third-order valence-corrected chi connectivity index (χ3v) is 7.17. The lowest BCUT2D eigenvalue weighted by Crippen LogP contribution is -2.47. The highest BCUT2D eigenvalue weighted by molar-refractivity contribution is 7.92. The van der Waals surface area contributed by atoms with E-state index in [-0.39, 0.29) is 18.4 Å². The number of aryl methyl sites for hydroxylation is 1. The van der Waals surface area contributed by atoms with Crippen LogP contribution in [0.3, 0.4) is 0 Å². The molecule has 0 aliphatic heterocycles. The maximum absolute atomic E-state index is 13.3. The molecule has 0 aromatic heterocycles. The lowest BCUT2D eigenvalue weighted by atomic mass is 9.95. The van der Waals surface area contributed by atoms with E-state index >= 15 is 0 Å². The summed E-state index contributed by atoms with van der Waals surface area (Å²) in [6, 6.07) is 13.0. The number of nitrogens with zero attached hydrogens (tertiary/aromatic N) is 1. The molecule has 0 unspecified atom stereocenters. The Morgan fingerprint density at radius 2 is 1.67 bits per heavy atom. The molecule has 178 valence electrons. The van der Waals surface area contributed by atoms with E-state index in [4.69, 9.17) is 0 Å². The van der Waals surface area contributed by atoms with Crippen LogP contribution in [0.4, 0.5) is 11.4 Å². The summed E-state index contributed by atoms with van der Waals surface area (Å²) in [6.45, 7) is 3.67. The maximum Gasteiger partial charge on any atom is 0.253 e. The fourth-order valence-corrected chi connectivity index (χ4v) is 5.48. The molecule has 3 rings (SSSR count). The van der Waals surface area contributed by atoms with Crippen LogP contribution in [0.15, 0.2) is 48.5 Å². The van der Waals surface area contributed by atoms with Crippen molar-refractivity contribution in [3.05, 3.63) is 59.7 Å². The fourth-order valence-electron chi connectivity index (χ4n) is 4.27. The van der Waals surface area contributed by atoms with E-state index in [1.807, 2.05) is 19.1 Å². The van der Waals surface area contributed by atoms with Gasteiger partial charge in [-0.2, -0.15) is 0 Å². The van der Waals surface area contributed by atoms with Gasteiger partial charge in [0.2, 0.25) is 15.9 Å². The van der Waals surface area contributed by atoms with Gasteiger partial charge in [-0.1, -0.05) is 56.0 Å². The first-order chi connectivity index (χ1) is 15.7. The summed E-state index contributed by atoms with van der Waals surface area (Å²) in [4.78, 5) is 26.2. The average molecular weight is 472 g/mol. The van der Waals surface area contributed by atoms with Crippen LogP contribution in [0.5, 0.6) is 0 Å². The predicted octanol–water partition coefficient (Wildman–Crippen LogP) is 4.24. The van der Waals surface area contributed by atoms with E-state index in [1.54, 1.807) is 43.3 Å². The van der Waals surface area contributed by atoms with Crippen LogP contribution >= 0.6 is 0 Å². The molecule has 1 aliphatic rings. The molecule has 7 nitrogen and oxygen atoms in total. The van der Waals surface area contributed by atoms with Crippen molar-refractivity contribution in [3.8, 4) is 0 Å². The van der Waals surface area contributed by atoms with Gasteiger partial charge in [0.25, 0.3) is 5.91 Å². The van der Waals surface area contributed by atoms with Crippen LogP contribution in [0.1, 0.15) is 61.4 Å². The minimum atomic E-state index is -3.73. The minimum Gasteiger partial charge on any atom is -0.349 e. The van der Waals surface area contributed by atoms with Gasteiger partial charge < -0.3 is 10.6 Å². The van der Waals surface area contributed by atoms with Gasteiger partial charge in [-0.3, -0.25) is 13.9 Å². The number of carbonyl (C=O) groups is 2. The SMILES string of the molecule is CC[C@@H](C(=O)Nc1ccccc1C(=O)NC1CCCCC1)N(c1ccc(C)cc1)S(C)(=O)=O. The number of carbonyl (C=O) groups excluding carboxylic acids is 2. The number of amides is 2. The molecule has 0 saturated heterocycles. The third kappa shape index (κ3) is 6.35. The molecule has 0 bridgehead atoms. The van der Waals surface area contributed by atoms with Gasteiger partial charge >= 0.3 is 0 Å². The molecule has 1 saturated carbocycles. The highest BCUT2D eigenvalue weighted by Gasteiger charge is 2.32. The van der Waals surface area contributed by atoms with Crippen LogP contribution in [0, 0.1) is 6.92 Å². The summed E-state index contributed by atoms with van der Waals surface area (Å²) in [7, 11) is -3.73. The normalized spacial score (nSPS) is 15.5. The Morgan fingerprint density at radius 3 is 2.27 bits per heavy atom. The van der Waals surface area contributed by atoms with Gasteiger partial charge in [0.05, 0.1) is 23.2 Å². The Balaban J connectivity index is 1.84. The molecule has 2 aromatic rings. The molecule has 2 aromatic carbocycles. The molecule has 33 heavy (non-hydrogen) atoms. The summed E-state index contributed by atoms with van der Waals surface area (Å²) in [5.41, 5.74) is 2.15. The number of para-hydroxylation sites is 1. The first-order valence-electron chi connectivity index (χ1n) is 11.5. The van der Waals surface area contributed by atoms with Crippen LogP contribution in [0.25, 0.3) is 0 Å². The summed E-state index contributed by atoms with van der Waals surface area (Å²) in [5.74, 6) is -0.717. The van der Waals surface area contributed by atoms with Crippen LogP contribution < -0.4 is 14.9 Å². The first kappa shape index (κ1) is 24.8. The first-order valence-corrected chi connectivity index (χ1v) is 13.3. The zero-order chi connectivity index (χ0) is 24.0. The Kier molecular flexibility index (Phi) is 8.13. The number of anilines is 2. The van der Waals surface area contributed by atoms with Gasteiger partial charge in [-0.05, 0) is 50.5 Å². The molecular weight excluding hydrogens is 438 g/mol. The quantitative estimate of drug-likeness (QED) is 0.602. The standard InChI is InChI=1S/C25H33N3O4S/c1-4-23(28(33(3,31)32)20-16-14-18(2)15-17-20)25(30)27-22-13-9-8-12-21(22)24(29)26-19-10-6-5-7-11-19/h8-9,12-17,19,23H,4-7,10-11H2,1-3H3,(H,26,29)(H,27,30)/t23-/m0/s1. The number of nitrogens with one attached hydrogen (secondary N) is 2. The van der Waals surface area contributed by atoms with Crippen molar-refractivity contribution in [1.82, 2.24) is 5.32 Å². The van der Waals surface area contributed by atoms with E-state index < -0.39 is 22.0 Å². The lowest BCUT2D eigenvalue weighted by molar-refractivity contribution is -0.117. The van der Waals surface area contributed by atoms with Gasteiger partial charge in [-0.15, -0.1) is 0 Å². The van der Waals surface area contributed by atoms with Crippen molar-refractivity contribution >= 4 is 33.2 Å². The van der Waals surface area contributed by atoms with Gasteiger partial charge in [0.1, 0.15) is 6.04 Å². The number of hydrogen-bond donors (Lipinski definition) is 2. The molecular formula is C25H33N3O4S. The summed E-state index contributed by atoms with van der Waals surface area (Å²) < 4.78 is 26.5. The minimum absolute atomic E-state index is 0.140. The second-order valence-electron chi connectivity index (χ2n) is 8.66. The summed E-state index contributed by atoms with van der Waals surface area (Å²) in [5, 5.41) is 5.88. The number of sulfonamides is 1. The molecule has 1 aliphatic carbocycles. The zero-order valence-electron chi connectivity index (χ0n) is 19.5. The van der Waals surface area contributed by atoms with Gasteiger partial charge in [0.15, 0.2) is 0 Å². The van der Waals surface area contributed by atoms with E-state index in [0.717, 1.165) is 41.8 Å². The van der Waals surface area contributed by atoms with Crippen molar-refractivity contribution in [2.75, 3.05) is 15.9 Å². The van der Waals surface area contributed by atoms with Gasteiger partial charge in [0, 0.05) is 6.04 Å². The molecule has 2 N–H and O–H groups in total. The summed E-state index contributed by atoms with van der Waals surface area (Å²) >= 11 is 0. The topological polar surface area (TPSA) is 95.6 Å². The number of benzene rings is 2. The molecule has 8 heteroatoms. The highest BCUT2D eigenvalue weighted by atomic mass is 32.2. The molecule has 0 radical (unpaired) electrons. The Labute approximate surface area is 196 Å². The molecule has 2 amide bonds. The van der Waals surface area contributed by atoms with E-state index in [1.165, 1.54) is 6.42 Å². The second kappa shape index (κ2) is 10.8. The van der Waals surface area contributed by atoms with Crippen molar-refractivity contribution in [2.24, 2.45) is 0 Å².